The van der Waals surface area contributed by atoms with Crippen molar-refractivity contribution in [2.45, 2.75) is 79.1 Å². The summed E-state index contributed by atoms with van der Waals surface area (Å²) >= 11 is 2.19. The molecule has 0 unspecified atom stereocenters. The minimum Gasteiger partial charge on any atom is -1.00 e. The maximum absolute atomic E-state index is 3.49. The first-order valence-electron chi connectivity index (χ1n) is 11.3. The molecule has 2 aromatic rings. The number of hydrogen-bond donors (Lipinski definition) is 0. The second-order valence-corrected chi connectivity index (χ2v) is 9.65. The van der Waals surface area contributed by atoms with Gasteiger partial charge >= 0.3 is 50.5 Å². The maximum atomic E-state index is 3.49. The summed E-state index contributed by atoms with van der Waals surface area (Å²) in [5, 5.41) is 0. The van der Waals surface area contributed by atoms with E-state index in [2.05, 4.69) is 110 Å². The summed E-state index contributed by atoms with van der Waals surface area (Å²) in [5.41, 5.74) is 8.48. The van der Waals surface area contributed by atoms with E-state index in [9.17, 15) is 0 Å². The van der Waals surface area contributed by atoms with Gasteiger partial charge in [0, 0.05) is 0 Å². The monoisotopic (exact) mass is 502 g/mol. The zero-order valence-electron chi connectivity index (χ0n) is 20.4. The summed E-state index contributed by atoms with van der Waals surface area (Å²) in [5.74, 6) is 1.16. The van der Waals surface area contributed by atoms with Crippen molar-refractivity contribution in [2.24, 2.45) is 0 Å². The van der Waals surface area contributed by atoms with Gasteiger partial charge in [-0.2, -0.15) is 35.4 Å². The number of benzene rings is 2. The van der Waals surface area contributed by atoms with Crippen LogP contribution in [0.4, 0.5) is 0 Å². The fourth-order valence-corrected chi connectivity index (χ4v) is 3.40. The molecule has 0 atom stereocenters. The van der Waals surface area contributed by atoms with E-state index in [0.29, 0.717) is 11.8 Å². The quantitative estimate of drug-likeness (QED) is 0.378. The molecule has 0 fully saturated rings. The summed E-state index contributed by atoms with van der Waals surface area (Å²) < 4.78 is 1.59. The predicted octanol–water partition coefficient (Wildman–Crippen LogP) is 2.14. The zero-order valence-corrected chi connectivity index (χ0v) is 23.4. The third-order valence-corrected chi connectivity index (χ3v) is 6.72. The minimum atomic E-state index is 0. The van der Waals surface area contributed by atoms with Gasteiger partial charge in [-0.05, 0) is 17.9 Å². The van der Waals surface area contributed by atoms with Crippen molar-refractivity contribution >= 4 is 3.81 Å². The molecule has 0 nitrogen and oxygen atoms in total. The number of allylic oxidation sites excluding steroid dienone is 4. The smallest absolute Gasteiger partial charge is 0.109 e. The maximum Gasteiger partial charge on any atom is -0.109 e. The first kappa shape index (κ1) is 31.1. The Labute approximate surface area is 220 Å². The van der Waals surface area contributed by atoms with Crippen molar-refractivity contribution in [1.82, 2.24) is 0 Å². The van der Waals surface area contributed by atoms with E-state index in [1.807, 2.05) is 12.2 Å². The number of fused-ring (bicyclic) bond motifs is 3. The normalized spacial score (nSPS) is 12.1. The van der Waals surface area contributed by atoms with Crippen molar-refractivity contribution in [3.8, 4) is 11.1 Å². The Morgan fingerprint density at radius 3 is 2.00 bits per heavy atom. The molecular formula is C29H36Cl2Ti-2. The van der Waals surface area contributed by atoms with Gasteiger partial charge in [0.25, 0.3) is 0 Å². The predicted molar refractivity (Wildman–Crippen MR) is 129 cm³/mol. The van der Waals surface area contributed by atoms with Crippen LogP contribution in [0.25, 0.3) is 11.1 Å². The van der Waals surface area contributed by atoms with Gasteiger partial charge in [0.2, 0.25) is 0 Å². The van der Waals surface area contributed by atoms with Crippen molar-refractivity contribution < 1.29 is 44.8 Å². The van der Waals surface area contributed by atoms with Crippen molar-refractivity contribution in [3.63, 3.8) is 0 Å². The SMILES string of the molecule is CC(C)c1c[c-]c2c(c1)-c1cc(C(C)C)ccc1C2.CC[C](=[Ti+2])CC.[C-]1=CC=CC1.[Cl-].[Cl-]. The van der Waals surface area contributed by atoms with E-state index in [-0.39, 0.29) is 24.8 Å². The van der Waals surface area contributed by atoms with Gasteiger partial charge in [0.05, 0.1) is 0 Å². The molecule has 0 amide bonds. The molecule has 0 bridgehead atoms. The molecule has 0 radical (unpaired) electrons. The largest absolute Gasteiger partial charge is 1.00 e. The summed E-state index contributed by atoms with van der Waals surface area (Å²) in [7, 11) is 0. The second-order valence-electron chi connectivity index (χ2n) is 8.54. The standard InChI is InChI=1S/C19H21.C5H5.C5H10.2ClH.Ti/c1-12(2)14-5-7-16-9-17-8-6-15(13(3)4)11-19(17)18(16)10-14;1-2-4-5-3-1;1-3-5-4-2;;;/h5-7,10-13H,9H2,1-4H3;1-3H,4H2;3-4H2,1-2H3;2*1H;/q2*-1;;;;+2/p-2. The Balaban J connectivity index is 0.000000618. The molecule has 2 aromatic carbocycles. The number of rotatable bonds is 4. The first-order chi connectivity index (χ1) is 14.4. The molecule has 2 aliphatic carbocycles. The van der Waals surface area contributed by atoms with Crippen molar-refractivity contribution in [1.29, 1.82) is 0 Å². The van der Waals surface area contributed by atoms with Gasteiger partial charge in [-0.25, -0.2) is 12.2 Å². The van der Waals surface area contributed by atoms with Crippen LogP contribution < -0.4 is 24.8 Å². The summed E-state index contributed by atoms with van der Waals surface area (Å²) in [6, 6.07) is 15.0. The molecule has 32 heavy (non-hydrogen) atoms. The Morgan fingerprint density at radius 1 is 0.938 bits per heavy atom. The van der Waals surface area contributed by atoms with Crippen LogP contribution in [-0.4, -0.2) is 3.81 Å². The van der Waals surface area contributed by atoms with E-state index < -0.39 is 0 Å². The van der Waals surface area contributed by atoms with E-state index in [1.165, 1.54) is 46.2 Å². The van der Waals surface area contributed by atoms with Gasteiger partial charge in [-0.15, -0.1) is 12.0 Å². The molecule has 0 heterocycles. The van der Waals surface area contributed by atoms with Crippen LogP contribution in [0.1, 0.15) is 94.9 Å². The van der Waals surface area contributed by atoms with Crippen LogP contribution >= 0.6 is 0 Å². The molecule has 3 heteroatoms. The van der Waals surface area contributed by atoms with Gasteiger partial charge in [-0.3, -0.25) is 6.08 Å². The van der Waals surface area contributed by atoms with E-state index in [4.69, 9.17) is 0 Å². The number of hydrogen-bond acceptors (Lipinski definition) is 0. The van der Waals surface area contributed by atoms with Crippen molar-refractivity contribution in [2.75, 3.05) is 0 Å². The molecule has 2 aliphatic rings. The summed E-state index contributed by atoms with van der Waals surface area (Å²) in [6.07, 6.45) is 13.5. The average molecular weight is 503 g/mol. The third kappa shape index (κ3) is 9.14. The molecule has 0 aliphatic heterocycles. The summed E-state index contributed by atoms with van der Waals surface area (Å²) in [6.45, 7) is 13.4. The molecule has 0 N–H and O–H groups in total. The van der Waals surface area contributed by atoms with E-state index in [0.717, 1.165) is 12.8 Å². The first-order valence-corrected chi connectivity index (χ1v) is 12.1. The van der Waals surface area contributed by atoms with Crippen LogP contribution in [-0.2, 0) is 26.4 Å². The molecule has 0 aromatic heterocycles. The molecule has 0 spiro atoms. The topological polar surface area (TPSA) is 0 Å². The van der Waals surface area contributed by atoms with Crippen LogP contribution in [0.5, 0.6) is 0 Å². The Bertz CT molecular complexity index is 836. The van der Waals surface area contributed by atoms with Gasteiger partial charge in [0.1, 0.15) is 0 Å². The van der Waals surface area contributed by atoms with E-state index >= 15 is 0 Å². The minimum absolute atomic E-state index is 0. The fraction of sp³-hybridized carbons (Fsp3) is 0.414. The van der Waals surface area contributed by atoms with E-state index in [1.54, 1.807) is 3.81 Å². The van der Waals surface area contributed by atoms with Gasteiger partial charge < -0.3 is 24.8 Å². The van der Waals surface area contributed by atoms with Gasteiger partial charge in [-0.1, -0.05) is 62.9 Å². The van der Waals surface area contributed by atoms with Crippen LogP contribution in [0.2, 0.25) is 0 Å². The second kappa shape index (κ2) is 15.8. The zero-order chi connectivity index (χ0) is 22.1. The molecule has 4 rings (SSSR count). The average Bonchev–Trinajstić information content (AvgIpc) is 3.44. The third-order valence-electron chi connectivity index (χ3n) is 5.61. The summed E-state index contributed by atoms with van der Waals surface area (Å²) in [4.78, 5) is 0. The van der Waals surface area contributed by atoms with Crippen molar-refractivity contribution in [3.05, 3.63) is 83.0 Å². The Morgan fingerprint density at radius 2 is 1.56 bits per heavy atom. The molecule has 0 saturated heterocycles. The number of halogens is 2. The Hall–Kier alpha value is -0.916. The van der Waals surface area contributed by atoms with Crippen LogP contribution in [0, 0.1) is 12.1 Å². The Kier molecular flexibility index (Phi) is 15.4. The molecular weight excluding hydrogens is 467 g/mol. The van der Waals surface area contributed by atoms with Gasteiger partial charge in [0.15, 0.2) is 0 Å². The molecule has 172 valence electrons. The molecule has 0 saturated carbocycles. The van der Waals surface area contributed by atoms with Crippen LogP contribution in [0.15, 0.2) is 48.6 Å². The fourth-order valence-electron chi connectivity index (χ4n) is 3.40. The van der Waals surface area contributed by atoms with Crippen LogP contribution in [0.3, 0.4) is 0 Å².